The van der Waals surface area contributed by atoms with E-state index < -0.39 is 23.3 Å². The van der Waals surface area contributed by atoms with Crippen LogP contribution in [0.3, 0.4) is 0 Å². The highest BCUT2D eigenvalue weighted by Gasteiger charge is 2.33. The Hall–Kier alpha value is -2.38. The van der Waals surface area contributed by atoms with E-state index in [2.05, 4.69) is 14.7 Å². The summed E-state index contributed by atoms with van der Waals surface area (Å²) in [5, 5.41) is -0.266. The van der Waals surface area contributed by atoms with Gasteiger partial charge in [0.15, 0.2) is 0 Å². The van der Waals surface area contributed by atoms with Gasteiger partial charge in [0.1, 0.15) is 11.3 Å². The first kappa shape index (κ1) is 14.0. The second kappa shape index (κ2) is 4.95. The molecular weight excluding hydrogens is 277 g/mol. The first-order valence-electron chi connectivity index (χ1n) is 5.60. The molecule has 0 aromatic carbocycles. The molecule has 0 radical (unpaired) electrons. The number of halogens is 3. The highest BCUT2D eigenvalue weighted by molar-refractivity contribution is 5.93. The lowest BCUT2D eigenvalue weighted by Gasteiger charge is -2.07. The molecule has 0 aliphatic heterocycles. The Bertz CT molecular complexity index is 722. The molecule has 0 spiro atoms. The minimum Gasteiger partial charge on any atom is -0.462 e. The molecule has 0 fully saturated rings. The number of fused-ring (bicyclic) bond motifs is 1. The topological polar surface area (TPSA) is 72.1 Å². The third kappa shape index (κ3) is 2.49. The molecular formula is C12H9F3N2O3. The van der Waals surface area contributed by atoms with E-state index >= 15 is 0 Å². The van der Waals surface area contributed by atoms with E-state index in [4.69, 9.17) is 0 Å². The van der Waals surface area contributed by atoms with Gasteiger partial charge < -0.3 is 9.72 Å². The molecule has 2 aromatic rings. The number of nitrogens with zero attached hydrogens (tertiary/aromatic N) is 1. The van der Waals surface area contributed by atoms with Crippen molar-refractivity contribution in [3.63, 3.8) is 0 Å². The maximum atomic E-state index is 12.6. The molecule has 2 heterocycles. The Labute approximate surface area is 110 Å². The van der Waals surface area contributed by atoms with Gasteiger partial charge in [-0.1, -0.05) is 0 Å². The molecule has 0 saturated heterocycles. The Balaban J connectivity index is 2.65. The van der Waals surface area contributed by atoms with E-state index in [0.717, 1.165) is 12.4 Å². The number of hydrogen-bond donors (Lipinski definition) is 1. The number of aromatic amines is 1. The van der Waals surface area contributed by atoms with E-state index in [1.54, 1.807) is 6.92 Å². The number of carbonyl (C=O) groups excluding carboxylic acids is 1. The third-order valence-electron chi connectivity index (χ3n) is 2.55. The van der Waals surface area contributed by atoms with Crippen LogP contribution in [0.1, 0.15) is 23.0 Å². The smallest absolute Gasteiger partial charge is 0.433 e. The zero-order valence-corrected chi connectivity index (χ0v) is 10.2. The molecule has 0 aliphatic rings. The van der Waals surface area contributed by atoms with Crippen molar-refractivity contribution in [1.82, 2.24) is 9.97 Å². The van der Waals surface area contributed by atoms with Crippen LogP contribution in [0.15, 0.2) is 23.3 Å². The average Bonchev–Trinajstić information content (AvgIpc) is 2.38. The van der Waals surface area contributed by atoms with Gasteiger partial charge in [-0.05, 0) is 13.0 Å². The summed E-state index contributed by atoms with van der Waals surface area (Å²) in [7, 11) is 0. The number of pyridine rings is 2. The van der Waals surface area contributed by atoms with Gasteiger partial charge in [-0.2, -0.15) is 13.2 Å². The van der Waals surface area contributed by atoms with Crippen LogP contribution in [0, 0.1) is 0 Å². The number of ether oxygens (including phenoxy) is 1. The maximum absolute atomic E-state index is 12.6. The van der Waals surface area contributed by atoms with Crippen molar-refractivity contribution >= 4 is 16.9 Å². The summed E-state index contributed by atoms with van der Waals surface area (Å²) in [6, 6.07) is 0.608. The van der Waals surface area contributed by atoms with Crippen molar-refractivity contribution in [2.24, 2.45) is 0 Å². The maximum Gasteiger partial charge on any atom is 0.433 e. The summed E-state index contributed by atoms with van der Waals surface area (Å²) in [4.78, 5) is 29.3. The quantitative estimate of drug-likeness (QED) is 0.858. The molecule has 8 heteroatoms. The van der Waals surface area contributed by atoms with E-state index in [1.807, 2.05) is 0 Å². The van der Waals surface area contributed by atoms with Gasteiger partial charge in [-0.15, -0.1) is 0 Å². The fourth-order valence-corrected chi connectivity index (χ4v) is 1.63. The zero-order chi connectivity index (χ0) is 14.9. The van der Waals surface area contributed by atoms with Crippen LogP contribution in [0.4, 0.5) is 13.2 Å². The van der Waals surface area contributed by atoms with Gasteiger partial charge >= 0.3 is 12.1 Å². The number of carbonyl (C=O) groups is 1. The van der Waals surface area contributed by atoms with Crippen LogP contribution in [0.5, 0.6) is 0 Å². The van der Waals surface area contributed by atoms with Crippen LogP contribution in [-0.2, 0) is 10.9 Å². The van der Waals surface area contributed by atoms with Crippen molar-refractivity contribution in [2.45, 2.75) is 13.1 Å². The summed E-state index contributed by atoms with van der Waals surface area (Å²) in [6.07, 6.45) is -2.67. The van der Waals surface area contributed by atoms with E-state index in [-0.39, 0.29) is 23.1 Å². The Kier molecular flexibility index (Phi) is 3.47. The number of esters is 1. The van der Waals surface area contributed by atoms with Gasteiger partial charge in [0.05, 0.1) is 23.7 Å². The number of aromatic nitrogens is 2. The molecule has 2 rings (SSSR count). The summed E-state index contributed by atoms with van der Waals surface area (Å²) in [5.74, 6) is -0.888. The van der Waals surface area contributed by atoms with Crippen LogP contribution in [0.2, 0.25) is 0 Å². The molecule has 0 amide bonds. The average molecular weight is 286 g/mol. The summed E-state index contributed by atoms with van der Waals surface area (Å²) in [5.41, 5.74) is -2.27. The van der Waals surface area contributed by atoms with E-state index in [1.165, 1.54) is 0 Å². The molecule has 2 aromatic heterocycles. The second-order valence-corrected chi connectivity index (χ2v) is 3.86. The molecule has 20 heavy (non-hydrogen) atoms. The summed E-state index contributed by atoms with van der Waals surface area (Å²) < 4.78 is 42.3. The summed E-state index contributed by atoms with van der Waals surface area (Å²) in [6.45, 7) is 1.61. The van der Waals surface area contributed by atoms with Gasteiger partial charge in [-0.3, -0.25) is 4.79 Å². The lowest BCUT2D eigenvalue weighted by Crippen LogP contribution is -2.19. The van der Waals surface area contributed by atoms with Crippen molar-refractivity contribution in [3.8, 4) is 0 Å². The molecule has 0 aliphatic carbocycles. The van der Waals surface area contributed by atoms with Crippen LogP contribution in [-0.4, -0.2) is 22.5 Å². The van der Waals surface area contributed by atoms with Crippen molar-refractivity contribution in [3.05, 3.63) is 39.9 Å². The Morgan fingerprint density at radius 2 is 2.15 bits per heavy atom. The number of nitrogens with one attached hydrogen (secondary N) is 1. The van der Waals surface area contributed by atoms with Gasteiger partial charge in [0.25, 0.3) is 0 Å². The standard InChI is InChI=1S/C12H9F3N2O3/c1-2-20-11(19)7-4-16-8-5-17-9(12(13,14)15)3-6(8)10(7)18/h3-5H,2H2,1H3,(H,16,18). The predicted octanol–water partition coefficient (Wildman–Crippen LogP) is 2.12. The van der Waals surface area contributed by atoms with Crippen molar-refractivity contribution in [2.75, 3.05) is 6.61 Å². The van der Waals surface area contributed by atoms with Gasteiger partial charge in [-0.25, -0.2) is 9.78 Å². The lowest BCUT2D eigenvalue weighted by atomic mass is 10.1. The van der Waals surface area contributed by atoms with Gasteiger partial charge in [0.2, 0.25) is 5.43 Å². The molecule has 0 atom stereocenters. The van der Waals surface area contributed by atoms with Crippen molar-refractivity contribution in [1.29, 1.82) is 0 Å². The molecule has 106 valence electrons. The zero-order valence-electron chi connectivity index (χ0n) is 10.2. The molecule has 0 unspecified atom stereocenters. The lowest BCUT2D eigenvalue weighted by molar-refractivity contribution is -0.141. The first-order chi connectivity index (χ1) is 9.34. The summed E-state index contributed by atoms with van der Waals surface area (Å²) >= 11 is 0. The number of H-pyrrole nitrogens is 1. The third-order valence-corrected chi connectivity index (χ3v) is 2.55. The number of alkyl halides is 3. The minimum atomic E-state index is -4.67. The predicted molar refractivity (Wildman–Crippen MR) is 63.3 cm³/mol. The fraction of sp³-hybridized carbons (Fsp3) is 0.250. The molecule has 0 bridgehead atoms. The van der Waals surface area contributed by atoms with Crippen LogP contribution in [0.25, 0.3) is 10.9 Å². The van der Waals surface area contributed by atoms with Crippen molar-refractivity contribution < 1.29 is 22.7 Å². The second-order valence-electron chi connectivity index (χ2n) is 3.86. The fourth-order valence-electron chi connectivity index (χ4n) is 1.63. The SMILES string of the molecule is CCOC(=O)c1c[nH]c2cnc(C(F)(F)F)cc2c1=O. The highest BCUT2D eigenvalue weighted by atomic mass is 19.4. The Morgan fingerprint density at radius 1 is 1.45 bits per heavy atom. The van der Waals surface area contributed by atoms with Gasteiger partial charge in [0, 0.05) is 6.20 Å². The van der Waals surface area contributed by atoms with E-state index in [0.29, 0.717) is 6.07 Å². The Morgan fingerprint density at radius 3 is 2.75 bits per heavy atom. The largest absolute Gasteiger partial charge is 0.462 e. The molecule has 5 nitrogen and oxygen atoms in total. The molecule has 0 saturated carbocycles. The number of rotatable bonds is 2. The first-order valence-corrected chi connectivity index (χ1v) is 5.60. The number of hydrogen-bond acceptors (Lipinski definition) is 4. The molecule has 1 N–H and O–H groups in total. The van der Waals surface area contributed by atoms with Crippen LogP contribution < -0.4 is 5.43 Å². The van der Waals surface area contributed by atoms with Crippen LogP contribution >= 0.6 is 0 Å². The minimum absolute atomic E-state index is 0.0560. The normalized spacial score (nSPS) is 11.6. The highest BCUT2D eigenvalue weighted by Crippen LogP contribution is 2.28. The monoisotopic (exact) mass is 286 g/mol. The van der Waals surface area contributed by atoms with E-state index in [9.17, 15) is 22.8 Å².